The first-order chi connectivity index (χ1) is 13.1. The van der Waals surface area contributed by atoms with E-state index in [2.05, 4.69) is 79.7 Å². The van der Waals surface area contributed by atoms with Crippen molar-refractivity contribution in [2.45, 2.75) is 74.7 Å². The largest absolute Gasteiger partial charge is 0.383 e. The van der Waals surface area contributed by atoms with Crippen LogP contribution in [-0.4, -0.2) is 5.84 Å². The summed E-state index contributed by atoms with van der Waals surface area (Å²) in [7, 11) is 0. The fraction of sp³-hybridized carbons (Fsp3) is 0.500. The van der Waals surface area contributed by atoms with Crippen molar-refractivity contribution in [3.05, 3.63) is 63.2 Å². The molecule has 2 nitrogen and oxygen atoms in total. The first-order valence-corrected chi connectivity index (χ1v) is 10.7. The van der Waals surface area contributed by atoms with Crippen molar-refractivity contribution >= 4 is 11.5 Å². The molecule has 0 saturated carbocycles. The summed E-state index contributed by atoms with van der Waals surface area (Å²) in [5, 5.41) is 0. The molecule has 2 rings (SSSR count). The Balaban J connectivity index is 2.53. The molecule has 0 amide bonds. The van der Waals surface area contributed by atoms with E-state index in [1.165, 1.54) is 33.4 Å². The highest BCUT2D eigenvalue weighted by atomic mass is 14.9. The molecule has 0 heterocycles. The Kier molecular flexibility index (Phi) is 7.46. The van der Waals surface area contributed by atoms with E-state index in [1.54, 1.807) is 0 Å². The molecular weight excluding hydrogens is 340 g/mol. The minimum absolute atomic E-state index is 0.606. The highest BCUT2D eigenvalue weighted by molar-refractivity contribution is 5.99. The average Bonchev–Trinajstić information content (AvgIpc) is 2.57. The smallest absolute Gasteiger partial charge is 0.131 e. The van der Waals surface area contributed by atoms with Crippen LogP contribution in [0.3, 0.4) is 0 Å². The number of hydrogen-bond acceptors (Lipinski definition) is 1. The van der Waals surface area contributed by atoms with Crippen LogP contribution < -0.4 is 5.73 Å². The van der Waals surface area contributed by atoms with Crippen LogP contribution in [0, 0.1) is 32.6 Å². The Hall–Kier alpha value is -2.09. The zero-order valence-corrected chi connectivity index (χ0v) is 19.1. The van der Waals surface area contributed by atoms with Gasteiger partial charge in [-0.3, -0.25) is 0 Å². The third kappa shape index (κ3) is 5.47. The summed E-state index contributed by atoms with van der Waals surface area (Å²) in [4.78, 5) is 4.90. The van der Waals surface area contributed by atoms with Crippen molar-refractivity contribution in [3.8, 4) is 0 Å². The number of benzene rings is 2. The van der Waals surface area contributed by atoms with E-state index in [-0.39, 0.29) is 0 Å². The molecule has 0 aromatic heterocycles. The lowest BCUT2D eigenvalue weighted by Gasteiger charge is -2.16. The van der Waals surface area contributed by atoms with E-state index in [9.17, 15) is 0 Å². The van der Waals surface area contributed by atoms with Crippen LogP contribution in [0.25, 0.3) is 0 Å². The lowest BCUT2D eigenvalue weighted by atomic mass is 9.92. The van der Waals surface area contributed by atoms with Crippen molar-refractivity contribution in [2.24, 2.45) is 22.6 Å². The fourth-order valence-corrected chi connectivity index (χ4v) is 4.07. The monoisotopic (exact) mass is 378 g/mol. The second kappa shape index (κ2) is 9.41. The number of nitrogens with zero attached hydrogens (tertiary/aromatic N) is 1. The Bertz CT molecular complexity index is 834. The van der Waals surface area contributed by atoms with Crippen molar-refractivity contribution in [3.63, 3.8) is 0 Å². The molecule has 0 atom stereocenters. The highest BCUT2D eigenvalue weighted by Crippen LogP contribution is 2.28. The number of aliphatic imine (C=N–C) groups is 1. The van der Waals surface area contributed by atoms with Crippen LogP contribution in [0.2, 0.25) is 0 Å². The van der Waals surface area contributed by atoms with Gasteiger partial charge < -0.3 is 5.73 Å². The van der Waals surface area contributed by atoms with Gasteiger partial charge in [0.15, 0.2) is 0 Å². The molecular formula is C26H38N2. The summed E-state index contributed by atoms with van der Waals surface area (Å²) in [6, 6.07) is 8.95. The third-order valence-corrected chi connectivity index (χ3v) is 5.41. The van der Waals surface area contributed by atoms with Crippen LogP contribution in [0.1, 0.15) is 73.6 Å². The first kappa shape index (κ1) is 22.2. The number of nitrogens with two attached hydrogens (primary N) is 1. The highest BCUT2D eigenvalue weighted by Gasteiger charge is 2.12. The first-order valence-electron chi connectivity index (χ1n) is 10.7. The number of hydrogen-bond donors (Lipinski definition) is 1. The molecule has 0 aliphatic carbocycles. The van der Waals surface area contributed by atoms with E-state index >= 15 is 0 Å². The second-order valence-corrected chi connectivity index (χ2v) is 9.03. The van der Waals surface area contributed by atoms with Gasteiger partial charge in [0, 0.05) is 5.56 Å². The van der Waals surface area contributed by atoms with Gasteiger partial charge in [-0.2, -0.15) is 0 Å². The van der Waals surface area contributed by atoms with Gasteiger partial charge in [0.05, 0.1) is 5.69 Å². The maximum Gasteiger partial charge on any atom is 0.131 e. The van der Waals surface area contributed by atoms with Crippen molar-refractivity contribution in [2.75, 3.05) is 0 Å². The zero-order chi connectivity index (χ0) is 21.0. The molecule has 2 N–H and O–H groups in total. The molecule has 0 unspecified atom stereocenters. The Morgan fingerprint density at radius 2 is 1.46 bits per heavy atom. The van der Waals surface area contributed by atoms with E-state index in [4.69, 9.17) is 10.7 Å². The summed E-state index contributed by atoms with van der Waals surface area (Å²) >= 11 is 0. The number of amidine groups is 1. The van der Waals surface area contributed by atoms with Crippen LogP contribution >= 0.6 is 0 Å². The predicted octanol–water partition coefficient (Wildman–Crippen LogP) is 6.61. The molecule has 2 aromatic rings. The minimum atomic E-state index is 0.606. The van der Waals surface area contributed by atoms with Gasteiger partial charge in [0.1, 0.15) is 5.84 Å². The Labute approximate surface area is 172 Å². The Morgan fingerprint density at radius 1 is 0.893 bits per heavy atom. The van der Waals surface area contributed by atoms with Crippen molar-refractivity contribution in [1.82, 2.24) is 0 Å². The topological polar surface area (TPSA) is 38.4 Å². The standard InChI is InChI=1S/C26H38N2/c1-9-24-18(6)12-23(13-19(24)7)26(27)28-25-15-21(10-16(2)3)14-22(20(25)8)11-17(4)5/h12-17H,9-11H2,1-8H3,(H2,27,28). The third-order valence-electron chi connectivity index (χ3n) is 5.41. The van der Waals surface area contributed by atoms with E-state index in [0.717, 1.165) is 30.5 Å². The minimum Gasteiger partial charge on any atom is -0.383 e. The molecule has 0 bridgehead atoms. The molecule has 0 aliphatic rings. The molecule has 0 fully saturated rings. The average molecular weight is 379 g/mol. The van der Waals surface area contributed by atoms with Gasteiger partial charge in [0.2, 0.25) is 0 Å². The summed E-state index contributed by atoms with van der Waals surface area (Å²) in [6.07, 6.45) is 3.19. The molecule has 28 heavy (non-hydrogen) atoms. The predicted molar refractivity (Wildman–Crippen MR) is 124 cm³/mol. The van der Waals surface area contributed by atoms with Gasteiger partial charge in [-0.25, -0.2) is 4.99 Å². The van der Waals surface area contributed by atoms with Crippen molar-refractivity contribution in [1.29, 1.82) is 0 Å². The van der Waals surface area contributed by atoms with Gasteiger partial charge in [-0.1, -0.05) is 40.7 Å². The SMILES string of the molecule is CCc1c(C)cc(C(N)=Nc2cc(CC(C)C)cc(CC(C)C)c2C)cc1C. The van der Waals surface area contributed by atoms with Crippen LogP contribution in [0.15, 0.2) is 29.3 Å². The zero-order valence-electron chi connectivity index (χ0n) is 19.1. The normalized spacial score (nSPS) is 12.3. The maximum atomic E-state index is 6.48. The molecule has 0 aliphatic heterocycles. The summed E-state index contributed by atoms with van der Waals surface area (Å²) in [5.74, 6) is 1.85. The quantitative estimate of drug-likeness (QED) is 0.427. The maximum absolute atomic E-state index is 6.48. The summed E-state index contributed by atoms with van der Waals surface area (Å²) < 4.78 is 0. The summed E-state index contributed by atoms with van der Waals surface area (Å²) in [6.45, 7) is 17.8. The Morgan fingerprint density at radius 3 is 1.96 bits per heavy atom. The van der Waals surface area contributed by atoms with Gasteiger partial charge >= 0.3 is 0 Å². The molecule has 2 aromatic carbocycles. The number of aryl methyl sites for hydroxylation is 2. The van der Waals surface area contributed by atoms with Gasteiger partial charge in [-0.15, -0.1) is 0 Å². The molecule has 0 spiro atoms. The molecule has 0 radical (unpaired) electrons. The second-order valence-electron chi connectivity index (χ2n) is 9.03. The fourth-order valence-electron chi connectivity index (χ4n) is 4.07. The molecule has 0 saturated heterocycles. The van der Waals surface area contributed by atoms with Crippen LogP contribution in [-0.2, 0) is 19.3 Å². The molecule has 2 heteroatoms. The van der Waals surface area contributed by atoms with E-state index in [1.807, 2.05) is 0 Å². The van der Waals surface area contributed by atoms with Crippen LogP contribution in [0.5, 0.6) is 0 Å². The lowest BCUT2D eigenvalue weighted by Crippen LogP contribution is -2.14. The van der Waals surface area contributed by atoms with E-state index in [0.29, 0.717) is 17.7 Å². The summed E-state index contributed by atoms with van der Waals surface area (Å²) in [5.41, 5.74) is 16.5. The van der Waals surface area contributed by atoms with Gasteiger partial charge in [0.25, 0.3) is 0 Å². The van der Waals surface area contributed by atoms with E-state index < -0.39 is 0 Å². The lowest BCUT2D eigenvalue weighted by molar-refractivity contribution is 0.634. The van der Waals surface area contributed by atoms with Crippen LogP contribution in [0.4, 0.5) is 5.69 Å². The number of rotatable bonds is 7. The molecule has 152 valence electrons. The van der Waals surface area contributed by atoms with Gasteiger partial charge in [-0.05, 0) is 103 Å². The van der Waals surface area contributed by atoms with Crippen molar-refractivity contribution < 1.29 is 0 Å².